The van der Waals surface area contributed by atoms with Crippen LogP contribution in [0.3, 0.4) is 0 Å². The summed E-state index contributed by atoms with van der Waals surface area (Å²) in [5.41, 5.74) is -0.225. The van der Waals surface area contributed by atoms with Gasteiger partial charge in [-0.2, -0.15) is 0 Å². The molecule has 0 aliphatic rings. The average Bonchev–Trinajstić information content (AvgIpc) is 2.99. The number of hydrogen-bond acceptors (Lipinski definition) is 7. The molecule has 0 fully saturated rings. The summed E-state index contributed by atoms with van der Waals surface area (Å²) in [6.07, 6.45) is 0.748. The molecule has 2 aromatic rings. The lowest BCUT2D eigenvalue weighted by atomic mass is 10.4. The highest BCUT2D eigenvalue weighted by Gasteiger charge is 2.18. The summed E-state index contributed by atoms with van der Waals surface area (Å²) in [4.78, 5) is 11.7. The summed E-state index contributed by atoms with van der Waals surface area (Å²) < 4.78 is 11.9. The van der Waals surface area contributed by atoms with Crippen LogP contribution in [0.5, 0.6) is 0 Å². The largest absolute Gasteiger partial charge is 0.424 e. The molecule has 0 saturated carbocycles. The van der Waals surface area contributed by atoms with Crippen LogP contribution < -0.4 is 5.69 Å². The van der Waals surface area contributed by atoms with Crippen LogP contribution in [0.15, 0.2) is 14.4 Å². The molecule has 0 bridgehead atoms. The maximum atomic E-state index is 11.7. The second-order valence-corrected chi connectivity index (χ2v) is 5.54. The average molecular weight is 299 g/mol. The monoisotopic (exact) mass is 299 g/mol. The van der Waals surface area contributed by atoms with E-state index in [1.54, 1.807) is 18.6 Å². The number of rotatable bonds is 7. The fraction of sp³-hybridized carbons (Fsp3) is 0.636. The van der Waals surface area contributed by atoms with E-state index in [0.717, 1.165) is 6.42 Å². The topological polar surface area (TPSA) is 98.8 Å². The van der Waals surface area contributed by atoms with Crippen molar-refractivity contribution in [3.8, 4) is 0 Å². The van der Waals surface area contributed by atoms with Gasteiger partial charge in [-0.25, -0.2) is 9.89 Å². The Kier molecular flexibility index (Phi) is 4.96. The molecular formula is C11H17N5O3S. The zero-order valence-electron chi connectivity index (χ0n) is 11.6. The van der Waals surface area contributed by atoms with E-state index < -0.39 is 0 Å². The Hall–Kier alpha value is -1.61. The first kappa shape index (κ1) is 14.8. The fourth-order valence-corrected chi connectivity index (χ4v) is 2.55. The van der Waals surface area contributed by atoms with Crippen molar-refractivity contribution in [2.45, 2.75) is 37.2 Å². The van der Waals surface area contributed by atoms with E-state index in [9.17, 15) is 4.79 Å². The number of thioether (sulfide) groups is 1. The van der Waals surface area contributed by atoms with Gasteiger partial charge in [-0.15, -0.1) is 15.3 Å². The second kappa shape index (κ2) is 6.71. The smallest absolute Gasteiger partial charge is 0.343 e. The number of aromatic amines is 1. The SMILES string of the molecule is COCCCn1c(S[C@H](C)c2nnc(C)o2)n[nH]c1=O. The second-order valence-electron chi connectivity index (χ2n) is 4.23. The molecule has 0 aliphatic carbocycles. The van der Waals surface area contributed by atoms with E-state index in [1.807, 2.05) is 6.92 Å². The highest BCUT2D eigenvalue weighted by molar-refractivity contribution is 7.99. The van der Waals surface area contributed by atoms with Crippen LogP contribution >= 0.6 is 11.8 Å². The Bertz CT molecular complexity index is 605. The van der Waals surface area contributed by atoms with Crippen LogP contribution in [0.4, 0.5) is 0 Å². The van der Waals surface area contributed by atoms with Crippen LogP contribution in [0.2, 0.25) is 0 Å². The first-order valence-electron chi connectivity index (χ1n) is 6.22. The minimum absolute atomic E-state index is 0.0763. The van der Waals surface area contributed by atoms with Crippen molar-refractivity contribution in [1.82, 2.24) is 25.0 Å². The summed E-state index contributed by atoms with van der Waals surface area (Å²) in [6, 6.07) is 0. The fourth-order valence-electron chi connectivity index (χ4n) is 1.64. The van der Waals surface area contributed by atoms with Gasteiger partial charge in [-0.05, 0) is 13.3 Å². The van der Waals surface area contributed by atoms with Gasteiger partial charge in [-0.1, -0.05) is 11.8 Å². The van der Waals surface area contributed by atoms with Crippen molar-refractivity contribution >= 4 is 11.8 Å². The Morgan fingerprint density at radius 1 is 1.50 bits per heavy atom. The third kappa shape index (κ3) is 3.48. The Morgan fingerprint density at radius 3 is 2.95 bits per heavy atom. The lowest BCUT2D eigenvalue weighted by molar-refractivity contribution is 0.189. The quantitative estimate of drug-likeness (QED) is 0.604. The van der Waals surface area contributed by atoms with E-state index in [1.165, 1.54) is 11.8 Å². The molecule has 2 heterocycles. The minimum Gasteiger partial charge on any atom is -0.424 e. The first-order chi connectivity index (χ1) is 9.61. The van der Waals surface area contributed by atoms with Gasteiger partial charge in [0.1, 0.15) is 0 Å². The van der Waals surface area contributed by atoms with Gasteiger partial charge < -0.3 is 9.15 Å². The van der Waals surface area contributed by atoms with E-state index >= 15 is 0 Å². The van der Waals surface area contributed by atoms with Crippen LogP contribution in [-0.2, 0) is 11.3 Å². The molecule has 1 atom stereocenters. The summed E-state index contributed by atoms with van der Waals surface area (Å²) in [6.45, 7) is 4.82. The van der Waals surface area contributed by atoms with E-state index in [0.29, 0.717) is 30.1 Å². The van der Waals surface area contributed by atoms with Crippen LogP contribution in [-0.4, -0.2) is 38.7 Å². The number of methoxy groups -OCH3 is 1. The zero-order valence-corrected chi connectivity index (χ0v) is 12.4. The molecule has 0 amide bonds. The van der Waals surface area contributed by atoms with Gasteiger partial charge in [0.2, 0.25) is 11.8 Å². The number of nitrogens with one attached hydrogen (secondary N) is 1. The Morgan fingerprint density at radius 2 is 2.30 bits per heavy atom. The molecule has 0 saturated heterocycles. The van der Waals surface area contributed by atoms with Crippen molar-refractivity contribution in [2.24, 2.45) is 0 Å². The molecule has 9 heteroatoms. The molecule has 0 radical (unpaired) electrons. The minimum atomic E-state index is -0.225. The lowest BCUT2D eigenvalue weighted by Gasteiger charge is -2.07. The van der Waals surface area contributed by atoms with Gasteiger partial charge in [0, 0.05) is 27.2 Å². The van der Waals surface area contributed by atoms with Gasteiger partial charge in [-0.3, -0.25) is 4.57 Å². The highest BCUT2D eigenvalue weighted by atomic mass is 32.2. The van der Waals surface area contributed by atoms with Gasteiger partial charge in [0.05, 0.1) is 5.25 Å². The third-order valence-corrected chi connectivity index (χ3v) is 3.70. The molecule has 8 nitrogen and oxygen atoms in total. The maximum Gasteiger partial charge on any atom is 0.343 e. The van der Waals surface area contributed by atoms with Crippen molar-refractivity contribution in [2.75, 3.05) is 13.7 Å². The van der Waals surface area contributed by atoms with E-state index in [2.05, 4.69) is 20.4 Å². The number of hydrogen-bond donors (Lipinski definition) is 1. The molecule has 20 heavy (non-hydrogen) atoms. The van der Waals surface area contributed by atoms with Crippen molar-refractivity contribution in [3.63, 3.8) is 0 Å². The Labute approximate surface area is 119 Å². The third-order valence-electron chi connectivity index (χ3n) is 2.63. The Balaban J connectivity index is 2.07. The summed E-state index contributed by atoms with van der Waals surface area (Å²) in [5, 5.41) is 14.8. The van der Waals surface area contributed by atoms with Crippen LogP contribution in [0.25, 0.3) is 0 Å². The molecule has 1 N–H and O–H groups in total. The molecule has 0 aliphatic heterocycles. The number of ether oxygens (including phenoxy) is 1. The predicted molar refractivity (Wildman–Crippen MR) is 72.6 cm³/mol. The van der Waals surface area contributed by atoms with Gasteiger partial charge >= 0.3 is 5.69 Å². The normalized spacial score (nSPS) is 12.8. The molecule has 2 rings (SSSR count). The van der Waals surface area contributed by atoms with E-state index in [4.69, 9.17) is 9.15 Å². The summed E-state index contributed by atoms with van der Waals surface area (Å²) in [5.74, 6) is 1.04. The molecule has 0 spiro atoms. The molecule has 2 aromatic heterocycles. The number of aryl methyl sites for hydroxylation is 1. The van der Waals surface area contributed by atoms with Crippen molar-refractivity contribution < 1.29 is 9.15 Å². The van der Waals surface area contributed by atoms with Crippen molar-refractivity contribution in [3.05, 3.63) is 22.3 Å². The van der Waals surface area contributed by atoms with Gasteiger partial charge in [0.15, 0.2) is 5.16 Å². The number of H-pyrrole nitrogens is 1. The molecule has 0 unspecified atom stereocenters. The van der Waals surface area contributed by atoms with Crippen molar-refractivity contribution in [1.29, 1.82) is 0 Å². The maximum absolute atomic E-state index is 11.7. The number of aromatic nitrogens is 5. The standard InChI is InChI=1S/C11H17N5O3S/c1-7(9-13-12-8(2)19-9)20-11-15-14-10(17)16(11)5-4-6-18-3/h7H,4-6H2,1-3H3,(H,14,17)/t7-/m1/s1. The predicted octanol–water partition coefficient (Wildman–Crippen LogP) is 1.15. The molecule has 0 aromatic carbocycles. The molecule has 110 valence electrons. The van der Waals surface area contributed by atoms with Crippen LogP contribution in [0.1, 0.15) is 30.4 Å². The highest BCUT2D eigenvalue weighted by Crippen LogP contribution is 2.32. The zero-order chi connectivity index (χ0) is 14.5. The lowest BCUT2D eigenvalue weighted by Crippen LogP contribution is -2.18. The van der Waals surface area contributed by atoms with E-state index in [-0.39, 0.29) is 10.9 Å². The van der Waals surface area contributed by atoms with Gasteiger partial charge in [0.25, 0.3) is 0 Å². The molecular weight excluding hydrogens is 282 g/mol. The van der Waals surface area contributed by atoms with Crippen LogP contribution in [0, 0.1) is 6.92 Å². The summed E-state index contributed by atoms with van der Waals surface area (Å²) in [7, 11) is 1.63. The summed E-state index contributed by atoms with van der Waals surface area (Å²) >= 11 is 1.40. The first-order valence-corrected chi connectivity index (χ1v) is 7.10. The number of nitrogens with zero attached hydrogens (tertiary/aromatic N) is 4.